The van der Waals surface area contributed by atoms with Gasteiger partial charge in [-0.1, -0.05) is 54.3 Å². The van der Waals surface area contributed by atoms with Crippen LogP contribution in [0.2, 0.25) is 0 Å². The highest BCUT2D eigenvalue weighted by atomic mass is 32.2. The van der Waals surface area contributed by atoms with Crippen molar-refractivity contribution in [1.29, 1.82) is 0 Å². The summed E-state index contributed by atoms with van der Waals surface area (Å²) in [4.78, 5) is 4.05. The van der Waals surface area contributed by atoms with E-state index in [4.69, 9.17) is 0 Å². The van der Waals surface area contributed by atoms with Crippen LogP contribution in [-0.4, -0.2) is 5.25 Å². The summed E-state index contributed by atoms with van der Waals surface area (Å²) in [7, 11) is 0. The van der Waals surface area contributed by atoms with Gasteiger partial charge in [-0.25, -0.2) is 0 Å². The molecule has 0 saturated heterocycles. The van der Waals surface area contributed by atoms with Crippen LogP contribution < -0.4 is 0 Å². The Labute approximate surface area is 129 Å². The Morgan fingerprint density at radius 3 is 2.45 bits per heavy atom. The molecule has 3 rings (SSSR count). The van der Waals surface area contributed by atoms with Gasteiger partial charge < -0.3 is 0 Å². The Balaban J connectivity index is 1.59. The Morgan fingerprint density at radius 1 is 0.900 bits per heavy atom. The average molecular weight is 298 g/mol. The fourth-order valence-electron chi connectivity index (χ4n) is 2.21. The third-order valence-corrected chi connectivity index (χ3v) is 5.49. The van der Waals surface area contributed by atoms with Gasteiger partial charge >= 0.3 is 0 Å². The second kappa shape index (κ2) is 7.05. The molecule has 0 N–H and O–H groups in total. The number of allylic oxidation sites excluding steroid dienone is 6. The van der Waals surface area contributed by atoms with Gasteiger partial charge in [0.15, 0.2) is 0 Å². The number of hydrogen-bond acceptors (Lipinski definition) is 2. The van der Waals surface area contributed by atoms with Crippen LogP contribution >= 0.6 is 23.5 Å². The zero-order valence-electron chi connectivity index (χ0n) is 11.4. The summed E-state index contributed by atoms with van der Waals surface area (Å²) in [5.74, 6) is 0. The molecule has 0 heterocycles. The molecule has 0 aromatic heterocycles. The van der Waals surface area contributed by atoms with E-state index in [1.807, 2.05) is 23.5 Å². The van der Waals surface area contributed by atoms with Gasteiger partial charge in [-0.05, 0) is 43.5 Å². The van der Waals surface area contributed by atoms with Crippen molar-refractivity contribution in [2.45, 2.75) is 34.3 Å². The van der Waals surface area contributed by atoms with E-state index in [0.717, 1.165) is 6.42 Å². The van der Waals surface area contributed by atoms with Crippen molar-refractivity contribution < 1.29 is 0 Å². The molecule has 1 aromatic rings. The van der Waals surface area contributed by atoms with Crippen LogP contribution in [0.5, 0.6) is 0 Å². The summed E-state index contributed by atoms with van der Waals surface area (Å²) in [6, 6.07) is 8.95. The van der Waals surface area contributed by atoms with E-state index < -0.39 is 0 Å². The number of hydrogen-bond donors (Lipinski definition) is 0. The molecule has 1 aromatic carbocycles. The van der Waals surface area contributed by atoms with Crippen LogP contribution in [0, 0.1) is 0 Å². The Kier molecular flexibility index (Phi) is 4.88. The first-order valence-electron chi connectivity index (χ1n) is 7.05. The molecular formula is C18H18S2. The van der Waals surface area contributed by atoms with E-state index in [-0.39, 0.29) is 0 Å². The summed E-state index contributed by atoms with van der Waals surface area (Å²) >= 11 is 3.80. The summed E-state index contributed by atoms with van der Waals surface area (Å²) in [5, 5.41) is 0.586. The van der Waals surface area contributed by atoms with Crippen molar-refractivity contribution in [2.75, 3.05) is 0 Å². The van der Waals surface area contributed by atoms with Crippen molar-refractivity contribution in [3.8, 4) is 0 Å². The maximum absolute atomic E-state index is 2.33. The smallest absolute Gasteiger partial charge is 0.0312 e. The van der Waals surface area contributed by atoms with E-state index in [2.05, 4.69) is 66.8 Å². The zero-order chi connectivity index (χ0) is 13.6. The van der Waals surface area contributed by atoms with Crippen LogP contribution in [-0.2, 0) is 0 Å². The van der Waals surface area contributed by atoms with Crippen LogP contribution in [0.4, 0.5) is 0 Å². The van der Waals surface area contributed by atoms with E-state index in [1.54, 1.807) is 0 Å². The molecule has 2 aliphatic carbocycles. The van der Waals surface area contributed by atoms with Gasteiger partial charge in [-0.15, -0.1) is 11.8 Å². The van der Waals surface area contributed by atoms with Crippen LogP contribution in [0.25, 0.3) is 0 Å². The van der Waals surface area contributed by atoms with Gasteiger partial charge in [0.05, 0.1) is 0 Å². The number of thioether (sulfide) groups is 2. The summed E-state index contributed by atoms with van der Waals surface area (Å²) in [6.07, 6.45) is 19.1. The molecular weight excluding hydrogens is 280 g/mol. The van der Waals surface area contributed by atoms with Gasteiger partial charge in [0.1, 0.15) is 0 Å². The normalized spacial score (nSPS) is 21.0. The summed E-state index contributed by atoms with van der Waals surface area (Å²) in [5.41, 5.74) is 0. The number of rotatable bonds is 4. The van der Waals surface area contributed by atoms with Crippen LogP contribution in [0.3, 0.4) is 0 Å². The van der Waals surface area contributed by atoms with Crippen LogP contribution in [0.1, 0.15) is 19.3 Å². The average Bonchev–Trinajstić information content (AvgIpc) is 2.51. The second-order valence-corrected chi connectivity index (χ2v) is 7.32. The van der Waals surface area contributed by atoms with E-state index >= 15 is 0 Å². The van der Waals surface area contributed by atoms with Gasteiger partial charge in [0, 0.05) is 19.9 Å². The van der Waals surface area contributed by atoms with Crippen molar-refractivity contribution in [1.82, 2.24) is 0 Å². The van der Waals surface area contributed by atoms with E-state index in [9.17, 15) is 0 Å². The molecule has 0 bridgehead atoms. The fourth-order valence-corrected chi connectivity index (χ4v) is 4.14. The Hall–Kier alpha value is -1.12. The van der Waals surface area contributed by atoms with Crippen molar-refractivity contribution >= 4 is 23.5 Å². The van der Waals surface area contributed by atoms with Crippen LogP contribution in [0.15, 0.2) is 81.5 Å². The highest BCUT2D eigenvalue weighted by Crippen LogP contribution is 2.33. The lowest BCUT2D eigenvalue weighted by molar-refractivity contribution is 1.03. The molecule has 0 fully saturated rings. The van der Waals surface area contributed by atoms with Crippen molar-refractivity contribution in [3.63, 3.8) is 0 Å². The molecule has 102 valence electrons. The third-order valence-electron chi connectivity index (χ3n) is 3.25. The lowest BCUT2D eigenvalue weighted by Gasteiger charge is -2.13. The molecule has 0 spiro atoms. The molecule has 0 aliphatic heterocycles. The first kappa shape index (κ1) is 13.8. The number of benzene rings is 1. The molecule has 1 atom stereocenters. The molecule has 0 saturated carbocycles. The standard InChI is InChI=1S/C18H18S2/c1-3-7-15(8-4-1)19-17-11-13-18(14-12-17)20-16-9-5-2-6-10-16/h1,3-5,7,9-15H,2,6,8H2. The minimum Gasteiger partial charge on any atom is -0.118 e. The Bertz CT molecular complexity index is 562. The SMILES string of the molecule is C1=CCC(Sc2ccc(SC3=CCCC=C3)cc2)C=C1. The van der Waals surface area contributed by atoms with Gasteiger partial charge in [0.2, 0.25) is 0 Å². The predicted molar refractivity (Wildman–Crippen MR) is 91.3 cm³/mol. The van der Waals surface area contributed by atoms with E-state index in [1.165, 1.54) is 27.5 Å². The highest BCUT2D eigenvalue weighted by molar-refractivity contribution is 8.03. The molecule has 2 heteroatoms. The molecule has 0 nitrogen and oxygen atoms in total. The maximum atomic E-state index is 2.33. The van der Waals surface area contributed by atoms with Crippen molar-refractivity contribution in [3.05, 3.63) is 71.7 Å². The van der Waals surface area contributed by atoms with E-state index in [0.29, 0.717) is 5.25 Å². The second-order valence-electron chi connectivity index (χ2n) is 4.86. The lowest BCUT2D eigenvalue weighted by atomic mass is 10.2. The molecule has 2 aliphatic rings. The first-order chi connectivity index (χ1) is 9.90. The highest BCUT2D eigenvalue weighted by Gasteiger charge is 2.07. The lowest BCUT2D eigenvalue weighted by Crippen LogP contribution is -1.98. The third kappa shape index (κ3) is 3.94. The van der Waals surface area contributed by atoms with Crippen molar-refractivity contribution in [2.24, 2.45) is 0 Å². The summed E-state index contributed by atoms with van der Waals surface area (Å²) in [6.45, 7) is 0. The molecule has 0 amide bonds. The predicted octanol–water partition coefficient (Wildman–Crippen LogP) is 5.99. The minimum atomic E-state index is 0.586. The summed E-state index contributed by atoms with van der Waals surface area (Å²) < 4.78 is 0. The molecule has 1 unspecified atom stereocenters. The van der Waals surface area contributed by atoms with Gasteiger partial charge in [-0.2, -0.15) is 0 Å². The quantitative estimate of drug-likeness (QED) is 0.669. The van der Waals surface area contributed by atoms with Gasteiger partial charge in [0.25, 0.3) is 0 Å². The maximum Gasteiger partial charge on any atom is 0.0312 e. The Morgan fingerprint density at radius 2 is 1.75 bits per heavy atom. The van der Waals surface area contributed by atoms with Gasteiger partial charge in [-0.3, -0.25) is 0 Å². The topological polar surface area (TPSA) is 0 Å². The first-order valence-corrected chi connectivity index (χ1v) is 8.74. The molecule has 0 radical (unpaired) electrons. The largest absolute Gasteiger partial charge is 0.118 e. The monoisotopic (exact) mass is 298 g/mol. The fraction of sp³-hybridized carbons (Fsp3) is 0.222. The molecule has 20 heavy (non-hydrogen) atoms. The minimum absolute atomic E-state index is 0.586. The zero-order valence-corrected chi connectivity index (χ0v) is 13.0.